The molecule has 0 saturated carbocycles. The molecule has 5 rings (SSSR count). The molecule has 4 aromatic rings. The number of piperazine rings is 1. The van der Waals surface area contributed by atoms with Crippen LogP contribution in [0.2, 0.25) is 0 Å². The van der Waals surface area contributed by atoms with Crippen molar-refractivity contribution in [2.24, 2.45) is 0 Å². The smallest absolute Gasteiger partial charge is 0.251 e. The molecule has 3 heterocycles. The van der Waals surface area contributed by atoms with E-state index in [0.717, 1.165) is 35.0 Å². The zero-order chi connectivity index (χ0) is 23.5. The number of carbonyl (C=O) groups is 2. The zero-order valence-electron chi connectivity index (χ0n) is 19.1. The van der Waals surface area contributed by atoms with Crippen LogP contribution in [-0.2, 0) is 11.3 Å². The molecule has 2 amide bonds. The van der Waals surface area contributed by atoms with Crippen LogP contribution < -0.4 is 5.32 Å². The van der Waals surface area contributed by atoms with Crippen LogP contribution >= 0.6 is 11.3 Å². The maximum atomic E-state index is 13.0. The lowest BCUT2D eigenvalue weighted by Gasteiger charge is -2.36. The molecule has 0 spiro atoms. The molecule has 1 N–H and O–H groups in total. The van der Waals surface area contributed by atoms with Gasteiger partial charge in [-0.2, -0.15) is 0 Å². The number of nitrogens with one attached hydrogen (secondary N) is 1. The van der Waals surface area contributed by atoms with Crippen LogP contribution in [0.3, 0.4) is 0 Å². The summed E-state index contributed by atoms with van der Waals surface area (Å²) in [6.45, 7) is 5.63. The van der Waals surface area contributed by atoms with E-state index in [-0.39, 0.29) is 11.8 Å². The predicted molar refractivity (Wildman–Crippen MR) is 134 cm³/mol. The molecule has 1 aliphatic rings. The van der Waals surface area contributed by atoms with Crippen LogP contribution in [0.4, 0.5) is 0 Å². The second-order valence-corrected chi connectivity index (χ2v) is 9.56. The van der Waals surface area contributed by atoms with Crippen molar-refractivity contribution in [3.05, 3.63) is 84.2 Å². The number of thiazole rings is 1. The van der Waals surface area contributed by atoms with Crippen molar-refractivity contribution in [1.82, 2.24) is 24.7 Å². The summed E-state index contributed by atoms with van der Waals surface area (Å²) in [5, 5.41) is 3.73. The molecule has 174 valence electrons. The number of rotatable bonds is 6. The predicted octanol–water partition coefficient (Wildman–Crippen LogP) is 3.55. The first kappa shape index (κ1) is 22.3. The quantitative estimate of drug-likeness (QED) is 0.465. The third kappa shape index (κ3) is 4.88. The summed E-state index contributed by atoms with van der Waals surface area (Å²) in [7, 11) is 0. The first-order chi connectivity index (χ1) is 16.6. The Morgan fingerprint density at radius 3 is 2.47 bits per heavy atom. The van der Waals surface area contributed by atoms with Crippen LogP contribution in [0.25, 0.3) is 15.3 Å². The Labute approximate surface area is 202 Å². The Morgan fingerprint density at radius 1 is 1.00 bits per heavy atom. The highest BCUT2D eigenvalue weighted by Crippen LogP contribution is 2.26. The molecule has 0 aliphatic carbocycles. The van der Waals surface area contributed by atoms with Gasteiger partial charge < -0.3 is 14.8 Å². The summed E-state index contributed by atoms with van der Waals surface area (Å²) in [6, 6.07) is 19.1. The summed E-state index contributed by atoms with van der Waals surface area (Å²) < 4.78 is 2.88. The summed E-state index contributed by atoms with van der Waals surface area (Å²) in [5.41, 5.74) is 2.66. The largest absolute Gasteiger partial charge is 0.341 e. The van der Waals surface area contributed by atoms with Gasteiger partial charge in [0.15, 0.2) is 5.13 Å². The SMILES string of the molecule is C[C@@H](NC(=O)c1ccc2nc(-n3cccc3)sc2c1)C(=O)N1CCN(Cc2ccccc2)CC1. The number of hydrogen-bond acceptors (Lipinski definition) is 5. The number of amides is 2. The number of fused-ring (bicyclic) bond motifs is 1. The number of benzene rings is 2. The molecule has 2 aromatic heterocycles. The van der Waals surface area contributed by atoms with Crippen molar-refractivity contribution >= 4 is 33.4 Å². The van der Waals surface area contributed by atoms with Crippen LogP contribution in [-0.4, -0.2) is 63.4 Å². The second-order valence-electron chi connectivity index (χ2n) is 8.55. The molecule has 8 heteroatoms. The van der Waals surface area contributed by atoms with E-state index < -0.39 is 6.04 Å². The Kier molecular flexibility index (Phi) is 6.42. The zero-order valence-corrected chi connectivity index (χ0v) is 19.9. The van der Waals surface area contributed by atoms with Gasteiger partial charge in [-0.1, -0.05) is 41.7 Å². The van der Waals surface area contributed by atoms with Gasteiger partial charge in [0.25, 0.3) is 5.91 Å². The van der Waals surface area contributed by atoms with E-state index in [4.69, 9.17) is 0 Å². The van der Waals surface area contributed by atoms with Crippen molar-refractivity contribution in [2.75, 3.05) is 26.2 Å². The molecular weight excluding hydrogens is 446 g/mol. The summed E-state index contributed by atoms with van der Waals surface area (Å²) >= 11 is 1.53. The minimum Gasteiger partial charge on any atom is -0.341 e. The lowest BCUT2D eigenvalue weighted by molar-refractivity contribution is -0.134. The van der Waals surface area contributed by atoms with Gasteiger partial charge in [-0.25, -0.2) is 4.98 Å². The monoisotopic (exact) mass is 473 g/mol. The second kappa shape index (κ2) is 9.79. The van der Waals surface area contributed by atoms with Gasteiger partial charge in [-0.3, -0.25) is 14.5 Å². The molecule has 1 fully saturated rings. The highest BCUT2D eigenvalue weighted by molar-refractivity contribution is 7.20. The van der Waals surface area contributed by atoms with E-state index in [2.05, 4.69) is 27.3 Å². The molecule has 1 aliphatic heterocycles. The molecule has 34 heavy (non-hydrogen) atoms. The highest BCUT2D eigenvalue weighted by Gasteiger charge is 2.26. The fourth-order valence-corrected chi connectivity index (χ4v) is 5.18. The van der Waals surface area contributed by atoms with Crippen LogP contribution in [0.1, 0.15) is 22.8 Å². The Bertz CT molecular complexity index is 1280. The van der Waals surface area contributed by atoms with Crippen LogP contribution in [0, 0.1) is 0 Å². The van der Waals surface area contributed by atoms with E-state index in [9.17, 15) is 9.59 Å². The third-order valence-corrected chi connectivity index (χ3v) is 7.15. The minimum absolute atomic E-state index is 0.0403. The van der Waals surface area contributed by atoms with Gasteiger partial charge in [-0.05, 0) is 42.8 Å². The first-order valence-corrected chi connectivity index (χ1v) is 12.3. The van der Waals surface area contributed by atoms with Gasteiger partial charge in [0.2, 0.25) is 5.91 Å². The Hall–Kier alpha value is -3.49. The van der Waals surface area contributed by atoms with E-state index in [1.54, 1.807) is 13.0 Å². The van der Waals surface area contributed by atoms with Crippen molar-refractivity contribution in [3.63, 3.8) is 0 Å². The normalized spacial score (nSPS) is 15.4. The van der Waals surface area contributed by atoms with Crippen molar-refractivity contribution < 1.29 is 9.59 Å². The number of aromatic nitrogens is 2. The summed E-state index contributed by atoms with van der Waals surface area (Å²) in [6.07, 6.45) is 3.89. The van der Waals surface area contributed by atoms with Gasteiger partial charge in [0, 0.05) is 50.7 Å². The standard InChI is InChI=1S/C26H27N5O2S/c1-19(25(33)30-15-13-29(14-16-30)18-20-7-3-2-4-8-20)27-24(32)21-9-10-22-23(17-21)34-26(28-22)31-11-5-6-12-31/h2-12,17,19H,13-16,18H2,1H3,(H,27,32)/t19-/m1/s1. The number of carbonyl (C=O) groups excluding carboxylic acids is 2. The van der Waals surface area contributed by atoms with E-state index >= 15 is 0 Å². The van der Waals surface area contributed by atoms with E-state index in [1.165, 1.54) is 16.9 Å². The average molecular weight is 474 g/mol. The molecule has 0 bridgehead atoms. The van der Waals surface area contributed by atoms with E-state index in [0.29, 0.717) is 18.7 Å². The average Bonchev–Trinajstić information content (AvgIpc) is 3.54. The number of hydrogen-bond donors (Lipinski definition) is 1. The molecule has 0 unspecified atom stereocenters. The summed E-state index contributed by atoms with van der Waals surface area (Å²) in [5.74, 6) is -0.289. The fourth-order valence-electron chi connectivity index (χ4n) is 4.21. The summed E-state index contributed by atoms with van der Waals surface area (Å²) in [4.78, 5) is 34.7. The topological polar surface area (TPSA) is 70.5 Å². The van der Waals surface area contributed by atoms with Gasteiger partial charge in [0.05, 0.1) is 10.2 Å². The fraction of sp³-hybridized carbons (Fsp3) is 0.269. The highest BCUT2D eigenvalue weighted by atomic mass is 32.1. The van der Waals surface area contributed by atoms with Crippen LogP contribution in [0.5, 0.6) is 0 Å². The van der Waals surface area contributed by atoms with Crippen LogP contribution in [0.15, 0.2) is 73.1 Å². The van der Waals surface area contributed by atoms with Gasteiger partial charge in [-0.15, -0.1) is 0 Å². The number of nitrogens with zero attached hydrogens (tertiary/aromatic N) is 4. The Morgan fingerprint density at radius 2 is 1.74 bits per heavy atom. The minimum atomic E-state index is -0.583. The molecule has 1 atom stereocenters. The van der Waals surface area contributed by atoms with Gasteiger partial charge >= 0.3 is 0 Å². The molecule has 7 nitrogen and oxygen atoms in total. The maximum Gasteiger partial charge on any atom is 0.251 e. The molecule has 2 aromatic carbocycles. The maximum absolute atomic E-state index is 13.0. The first-order valence-electron chi connectivity index (χ1n) is 11.5. The molecule has 1 saturated heterocycles. The molecule has 0 radical (unpaired) electrons. The Balaban J connectivity index is 1.17. The van der Waals surface area contributed by atoms with E-state index in [1.807, 2.05) is 64.3 Å². The van der Waals surface area contributed by atoms with Gasteiger partial charge in [0.1, 0.15) is 6.04 Å². The van der Waals surface area contributed by atoms with Crippen molar-refractivity contribution in [1.29, 1.82) is 0 Å². The lowest BCUT2D eigenvalue weighted by Crippen LogP contribution is -2.53. The van der Waals surface area contributed by atoms with Crippen molar-refractivity contribution in [2.45, 2.75) is 19.5 Å². The lowest BCUT2D eigenvalue weighted by atomic mass is 10.1. The van der Waals surface area contributed by atoms with Crippen molar-refractivity contribution in [3.8, 4) is 5.13 Å². The third-order valence-electron chi connectivity index (χ3n) is 6.12. The molecular formula is C26H27N5O2S.